The second-order valence-electron chi connectivity index (χ2n) is 5.52. The van der Waals surface area contributed by atoms with Crippen LogP contribution >= 0.6 is 24.8 Å². The summed E-state index contributed by atoms with van der Waals surface area (Å²) in [4.78, 5) is 21.3. The van der Waals surface area contributed by atoms with Gasteiger partial charge in [-0.1, -0.05) is 12.1 Å². The lowest BCUT2D eigenvalue weighted by molar-refractivity contribution is 0.142. The maximum atomic E-state index is 12.3. The summed E-state index contributed by atoms with van der Waals surface area (Å²) in [6, 6.07) is 7.44. The van der Waals surface area contributed by atoms with Crippen LogP contribution in [0.4, 0.5) is 0 Å². The van der Waals surface area contributed by atoms with E-state index in [2.05, 4.69) is 27.1 Å². The van der Waals surface area contributed by atoms with Crippen LogP contribution in [0.5, 0.6) is 0 Å². The molecule has 8 heteroatoms. The molecule has 1 fully saturated rings. The minimum atomic E-state index is 0. The summed E-state index contributed by atoms with van der Waals surface area (Å²) in [6.07, 6.45) is 1.61. The van der Waals surface area contributed by atoms with E-state index in [1.807, 2.05) is 24.3 Å². The van der Waals surface area contributed by atoms with E-state index in [9.17, 15) is 4.79 Å². The first kappa shape index (κ1) is 19.9. The van der Waals surface area contributed by atoms with E-state index in [0.717, 1.165) is 38.4 Å². The number of para-hydroxylation sites is 1. The van der Waals surface area contributed by atoms with Crippen LogP contribution in [0.25, 0.3) is 10.9 Å². The summed E-state index contributed by atoms with van der Waals surface area (Å²) in [6.45, 7) is 5.61. The fourth-order valence-electron chi connectivity index (χ4n) is 2.55. The number of aromatic nitrogens is 2. The molecule has 0 atom stereocenters. The summed E-state index contributed by atoms with van der Waals surface area (Å²) in [5, 5.41) is 3.99. The summed E-state index contributed by atoms with van der Waals surface area (Å²) in [5.41, 5.74) is 0.754. The van der Waals surface area contributed by atoms with Gasteiger partial charge in [0.05, 0.1) is 23.9 Å². The first-order chi connectivity index (χ1) is 10.2. The summed E-state index contributed by atoms with van der Waals surface area (Å²) < 4.78 is 1.62. The number of benzene rings is 1. The van der Waals surface area contributed by atoms with Crippen LogP contribution in [0.15, 0.2) is 35.4 Å². The Labute approximate surface area is 148 Å². The molecule has 1 aromatic heterocycles. The molecule has 3 rings (SSSR count). The van der Waals surface area contributed by atoms with Crippen molar-refractivity contribution in [2.75, 3.05) is 39.9 Å². The number of hydrogen-bond donors (Lipinski definition) is 1. The molecule has 0 spiro atoms. The Morgan fingerprint density at radius 3 is 2.52 bits per heavy atom. The van der Waals surface area contributed by atoms with Crippen LogP contribution in [-0.2, 0) is 6.67 Å². The first-order valence-corrected chi connectivity index (χ1v) is 7.30. The number of fused-ring (bicyclic) bond motifs is 1. The van der Waals surface area contributed by atoms with Gasteiger partial charge in [-0.25, -0.2) is 4.98 Å². The highest BCUT2D eigenvalue weighted by molar-refractivity contribution is 5.85. The quantitative estimate of drug-likeness (QED) is 0.882. The van der Waals surface area contributed by atoms with Gasteiger partial charge in [0.1, 0.15) is 0 Å². The van der Waals surface area contributed by atoms with Crippen molar-refractivity contribution in [1.82, 2.24) is 24.7 Å². The van der Waals surface area contributed by atoms with E-state index < -0.39 is 0 Å². The maximum absolute atomic E-state index is 12.3. The second kappa shape index (κ2) is 9.20. The van der Waals surface area contributed by atoms with Crippen LogP contribution in [0.2, 0.25) is 0 Å². The molecule has 1 aliphatic rings. The molecule has 0 aliphatic carbocycles. The normalized spacial score (nSPS) is 15.9. The fourth-order valence-corrected chi connectivity index (χ4v) is 2.55. The average molecular weight is 360 g/mol. The van der Waals surface area contributed by atoms with Gasteiger partial charge in [0, 0.05) is 32.8 Å². The van der Waals surface area contributed by atoms with Gasteiger partial charge in [0.25, 0.3) is 5.56 Å². The largest absolute Gasteiger partial charge is 0.304 e. The number of likely N-dealkylation sites (N-methyl/N-ethyl adjacent to an activating group) is 1. The van der Waals surface area contributed by atoms with Crippen LogP contribution in [0, 0.1) is 0 Å². The number of hydrogen-bond acceptors (Lipinski definition) is 5. The predicted octanol–water partition coefficient (Wildman–Crippen LogP) is 0.992. The molecule has 0 unspecified atom stereocenters. The van der Waals surface area contributed by atoms with E-state index in [0.29, 0.717) is 12.1 Å². The van der Waals surface area contributed by atoms with Gasteiger partial charge < -0.3 is 4.90 Å². The van der Waals surface area contributed by atoms with Gasteiger partial charge in [0.15, 0.2) is 0 Å². The van der Waals surface area contributed by atoms with Crippen molar-refractivity contribution in [3.8, 4) is 0 Å². The van der Waals surface area contributed by atoms with Crippen molar-refractivity contribution < 1.29 is 0 Å². The van der Waals surface area contributed by atoms with Crippen LogP contribution in [0.3, 0.4) is 0 Å². The topological polar surface area (TPSA) is 53.4 Å². The zero-order valence-electron chi connectivity index (χ0n) is 13.1. The van der Waals surface area contributed by atoms with E-state index in [4.69, 9.17) is 0 Å². The smallest absolute Gasteiger partial charge is 0.262 e. The Hall–Kier alpha value is -1.18. The standard InChI is InChI=1S/C15H21N5O.2ClH/c1-18-6-8-19(9-7-18)10-16-11-20-12-17-14-5-3-2-4-13(14)15(20)21;;/h2-5,12,16H,6-11H2,1H3;2*1H. The molecule has 128 valence electrons. The van der Waals surface area contributed by atoms with E-state index in [-0.39, 0.29) is 30.4 Å². The third-order valence-corrected chi connectivity index (χ3v) is 3.94. The van der Waals surface area contributed by atoms with Crippen molar-refractivity contribution in [3.63, 3.8) is 0 Å². The monoisotopic (exact) mass is 359 g/mol. The molecule has 2 heterocycles. The Kier molecular flexibility index (Phi) is 7.94. The molecule has 23 heavy (non-hydrogen) atoms. The van der Waals surface area contributed by atoms with Gasteiger partial charge in [-0.15, -0.1) is 24.8 Å². The minimum Gasteiger partial charge on any atom is -0.304 e. The average Bonchev–Trinajstić information content (AvgIpc) is 2.52. The van der Waals surface area contributed by atoms with E-state index in [1.54, 1.807) is 10.9 Å². The number of nitrogens with zero attached hydrogens (tertiary/aromatic N) is 4. The molecule has 0 radical (unpaired) electrons. The summed E-state index contributed by atoms with van der Waals surface area (Å²) in [5.74, 6) is 0. The molecule has 0 bridgehead atoms. The zero-order chi connectivity index (χ0) is 14.7. The fraction of sp³-hybridized carbons (Fsp3) is 0.467. The highest BCUT2D eigenvalue weighted by Crippen LogP contribution is 2.04. The predicted molar refractivity (Wildman–Crippen MR) is 97.6 cm³/mol. The van der Waals surface area contributed by atoms with Crippen LogP contribution in [-0.4, -0.2) is 59.2 Å². The van der Waals surface area contributed by atoms with Gasteiger partial charge in [0.2, 0.25) is 0 Å². The van der Waals surface area contributed by atoms with Crippen LogP contribution < -0.4 is 10.9 Å². The number of nitrogens with one attached hydrogen (secondary N) is 1. The van der Waals surface area contributed by atoms with Crippen LogP contribution in [0.1, 0.15) is 0 Å². The Bertz CT molecular complexity index is 670. The molecule has 1 aromatic carbocycles. The zero-order valence-corrected chi connectivity index (χ0v) is 14.8. The third kappa shape index (κ3) is 4.89. The lowest BCUT2D eigenvalue weighted by Gasteiger charge is -2.32. The van der Waals surface area contributed by atoms with Crippen molar-refractivity contribution in [2.24, 2.45) is 0 Å². The molecule has 6 nitrogen and oxygen atoms in total. The molecule has 1 aliphatic heterocycles. The lowest BCUT2D eigenvalue weighted by Crippen LogP contribution is -2.48. The molecule has 0 amide bonds. The molecular weight excluding hydrogens is 337 g/mol. The summed E-state index contributed by atoms with van der Waals surface area (Å²) in [7, 11) is 2.14. The van der Waals surface area contributed by atoms with Crippen molar-refractivity contribution in [3.05, 3.63) is 40.9 Å². The number of rotatable bonds is 4. The maximum Gasteiger partial charge on any atom is 0.262 e. The molecule has 2 aromatic rings. The van der Waals surface area contributed by atoms with E-state index >= 15 is 0 Å². The third-order valence-electron chi connectivity index (χ3n) is 3.94. The molecular formula is C15H23Cl2N5O. The van der Waals surface area contributed by atoms with Crippen molar-refractivity contribution >= 4 is 35.7 Å². The lowest BCUT2D eigenvalue weighted by atomic mass is 10.2. The van der Waals surface area contributed by atoms with Gasteiger partial charge >= 0.3 is 0 Å². The minimum absolute atomic E-state index is 0. The first-order valence-electron chi connectivity index (χ1n) is 7.30. The Morgan fingerprint density at radius 1 is 1.09 bits per heavy atom. The second-order valence-corrected chi connectivity index (χ2v) is 5.52. The van der Waals surface area contributed by atoms with Gasteiger partial charge in [-0.05, 0) is 19.2 Å². The highest BCUT2D eigenvalue weighted by atomic mass is 35.5. The molecule has 0 saturated carbocycles. The SMILES string of the molecule is CN1CCN(CNCn2cnc3ccccc3c2=O)CC1.Cl.Cl. The Morgan fingerprint density at radius 2 is 1.78 bits per heavy atom. The van der Waals surface area contributed by atoms with E-state index in [1.165, 1.54) is 0 Å². The molecule has 1 N–H and O–H groups in total. The van der Waals surface area contributed by atoms with Crippen molar-refractivity contribution in [2.45, 2.75) is 6.67 Å². The van der Waals surface area contributed by atoms with Gasteiger partial charge in [-0.2, -0.15) is 0 Å². The number of piperazine rings is 1. The Balaban J connectivity index is 0.00000132. The highest BCUT2D eigenvalue weighted by Gasteiger charge is 2.12. The van der Waals surface area contributed by atoms with Crippen molar-refractivity contribution in [1.29, 1.82) is 0 Å². The molecule has 1 saturated heterocycles. The summed E-state index contributed by atoms with van der Waals surface area (Å²) >= 11 is 0. The van der Waals surface area contributed by atoms with Gasteiger partial charge in [-0.3, -0.25) is 19.6 Å². The number of halogens is 2.